The summed E-state index contributed by atoms with van der Waals surface area (Å²) in [5.74, 6) is 4.84. The van der Waals surface area contributed by atoms with Crippen molar-refractivity contribution in [1.82, 2.24) is 4.90 Å². The van der Waals surface area contributed by atoms with Gasteiger partial charge in [0.05, 0.1) is 5.41 Å². The summed E-state index contributed by atoms with van der Waals surface area (Å²) >= 11 is 0. The minimum Gasteiger partial charge on any atom is -0.345 e. The first kappa shape index (κ1) is 17.4. The lowest BCUT2D eigenvalue weighted by Gasteiger charge is -2.34. The fourth-order valence-corrected chi connectivity index (χ4v) is 4.40. The SMILES string of the molecule is CC#Cc1cc(C)c(C2C(=O)CC3(CCN(C)C3=O)CC2=O)c(C)c1. The van der Waals surface area contributed by atoms with Gasteiger partial charge in [-0.25, -0.2) is 0 Å². The van der Waals surface area contributed by atoms with E-state index in [1.54, 1.807) is 18.9 Å². The summed E-state index contributed by atoms with van der Waals surface area (Å²) in [5.41, 5.74) is 2.71. The molecule has 2 fully saturated rings. The summed E-state index contributed by atoms with van der Waals surface area (Å²) in [4.78, 5) is 39.9. The molecule has 130 valence electrons. The maximum absolute atomic E-state index is 12.9. The van der Waals surface area contributed by atoms with Crippen LogP contribution in [0.2, 0.25) is 0 Å². The molecule has 4 nitrogen and oxygen atoms in total. The first-order valence-corrected chi connectivity index (χ1v) is 8.64. The standard InChI is InChI=1S/C21H23NO3/c1-5-6-15-9-13(2)18(14(3)10-15)19-16(23)11-21(12-17(19)24)7-8-22(4)20(21)25/h9-10,19H,7-8,11-12H2,1-4H3. The van der Waals surface area contributed by atoms with Crippen molar-refractivity contribution in [3.63, 3.8) is 0 Å². The number of carbonyl (C=O) groups excluding carboxylic acids is 3. The highest BCUT2D eigenvalue weighted by atomic mass is 16.2. The van der Waals surface area contributed by atoms with E-state index in [0.717, 1.165) is 22.3 Å². The Labute approximate surface area is 148 Å². The Hall–Kier alpha value is -2.41. The van der Waals surface area contributed by atoms with Gasteiger partial charge in [0.1, 0.15) is 17.5 Å². The Morgan fingerprint density at radius 1 is 1.08 bits per heavy atom. The van der Waals surface area contributed by atoms with Crippen LogP contribution in [-0.4, -0.2) is 36.0 Å². The van der Waals surface area contributed by atoms with E-state index in [2.05, 4.69) is 11.8 Å². The molecule has 2 aliphatic rings. The molecule has 1 aliphatic carbocycles. The maximum atomic E-state index is 12.9. The van der Waals surface area contributed by atoms with Crippen molar-refractivity contribution >= 4 is 17.5 Å². The molecule has 1 spiro atoms. The molecule has 1 heterocycles. The van der Waals surface area contributed by atoms with E-state index in [1.807, 2.05) is 26.0 Å². The number of Topliss-reactive ketones (excluding diaryl/α,β-unsaturated/α-hetero) is 2. The average molecular weight is 337 g/mol. The number of amides is 1. The number of likely N-dealkylation sites (tertiary alicyclic amines) is 1. The molecule has 3 rings (SSSR count). The van der Waals surface area contributed by atoms with Crippen LogP contribution in [-0.2, 0) is 14.4 Å². The minimum absolute atomic E-state index is 0.0605. The van der Waals surface area contributed by atoms with Crippen LogP contribution in [0.25, 0.3) is 0 Å². The van der Waals surface area contributed by atoms with Gasteiger partial charge in [0, 0.05) is 32.0 Å². The summed E-state index contributed by atoms with van der Waals surface area (Å²) in [7, 11) is 1.74. The lowest BCUT2D eigenvalue weighted by molar-refractivity contribution is -0.146. The van der Waals surface area contributed by atoms with E-state index in [0.29, 0.717) is 13.0 Å². The highest BCUT2D eigenvalue weighted by Crippen LogP contribution is 2.46. The second-order valence-electron chi connectivity index (χ2n) is 7.37. The zero-order valence-electron chi connectivity index (χ0n) is 15.2. The van der Waals surface area contributed by atoms with Crippen LogP contribution < -0.4 is 0 Å². The summed E-state index contributed by atoms with van der Waals surface area (Å²) in [5, 5.41) is 0. The predicted molar refractivity (Wildman–Crippen MR) is 95.1 cm³/mol. The number of benzene rings is 1. The minimum atomic E-state index is -0.797. The van der Waals surface area contributed by atoms with Gasteiger partial charge in [-0.1, -0.05) is 5.92 Å². The smallest absolute Gasteiger partial charge is 0.229 e. The van der Waals surface area contributed by atoms with Crippen LogP contribution >= 0.6 is 0 Å². The van der Waals surface area contributed by atoms with E-state index < -0.39 is 11.3 Å². The number of carbonyl (C=O) groups is 3. The molecule has 0 atom stereocenters. The number of hydrogen-bond acceptors (Lipinski definition) is 3. The molecule has 0 radical (unpaired) electrons. The third-order valence-corrected chi connectivity index (χ3v) is 5.55. The second kappa shape index (κ2) is 6.15. The molecule has 1 amide bonds. The summed E-state index contributed by atoms with van der Waals surface area (Å²) in [6.45, 7) is 6.24. The average Bonchev–Trinajstić information content (AvgIpc) is 2.78. The Morgan fingerprint density at radius 3 is 2.08 bits per heavy atom. The number of rotatable bonds is 1. The monoisotopic (exact) mass is 337 g/mol. The number of hydrogen-bond donors (Lipinski definition) is 0. The van der Waals surface area contributed by atoms with E-state index in [1.165, 1.54) is 0 Å². The number of aryl methyl sites for hydroxylation is 2. The largest absolute Gasteiger partial charge is 0.345 e. The van der Waals surface area contributed by atoms with Gasteiger partial charge in [0.25, 0.3) is 0 Å². The van der Waals surface area contributed by atoms with Crippen molar-refractivity contribution in [2.75, 3.05) is 13.6 Å². The van der Waals surface area contributed by atoms with Crippen LogP contribution in [0, 0.1) is 31.1 Å². The van der Waals surface area contributed by atoms with Crippen LogP contribution in [0.3, 0.4) is 0 Å². The topological polar surface area (TPSA) is 54.5 Å². The van der Waals surface area contributed by atoms with Crippen molar-refractivity contribution in [2.24, 2.45) is 5.41 Å². The quantitative estimate of drug-likeness (QED) is 0.584. The van der Waals surface area contributed by atoms with Gasteiger partial charge in [-0.3, -0.25) is 14.4 Å². The highest BCUT2D eigenvalue weighted by Gasteiger charge is 2.53. The van der Waals surface area contributed by atoms with Gasteiger partial charge in [-0.05, 0) is 56.0 Å². The van der Waals surface area contributed by atoms with E-state index in [-0.39, 0.29) is 30.3 Å². The molecule has 0 aromatic heterocycles. The van der Waals surface area contributed by atoms with Crippen LogP contribution in [0.5, 0.6) is 0 Å². The van der Waals surface area contributed by atoms with Gasteiger partial charge >= 0.3 is 0 Å². The Balaban J connectivity index is 1.98. The second-order valence-corrected chi connectivity index (χ2v) is 7.37. The van der Waals surface area contributed by atoms with E-state index in [4.69, 9.17) is 0 Å². The molecule has 25 heavy (non-hydrogen) atoms. The molecule has 1 saturated heterocycles. The van der Waals surface area contributed by atoms with Gasteiger partial charge in [-0.15, -0.1) is 5.92 Å². The lowest BCUT2D eigenvalue weighted by Crippen LogP contribution is -2.44. The van der Waals surface area contributed by atoms with Crippen LogP contribution in [0.15, 0.2) is 12.1 Å². The molecule has 1 saturated carbocycles. The Bertz CT molecular complexity index is 799. The third kappa shape index (κ3) is 2.78. The molecule has 0 bridgehead atoms. The van der Waals surface area contributed by atoms with Crippen molar-refractivity contribution in [3.05, 3.63) is 34.4 Å². The molecule has 4 heteroatoms. The van der Waals surface area contributed by atoms with Crippen molar-refractivity contribution in [2.45, 2.75) is 46.0 Å². The molecule has 1 aromatic carbocycles. The zero-order valence-corrected chi connectivity index (χ0v) is 15.2. The zero-order chi connectivity index (χ0) is 18.4. The van der Waals surface area contributed by atoms with Gasteiger partial charge in [-0.2, -0.15) is 0 Å². The molecule has 0 unspecified atom stereocenters. The molecule has 0 N–H and O–H groups in total. The Morgan fingerprint density at radius 2 is 1.64 bits per heavy atom. The van der Waals surface area contributed by atoms with Gasteiger partial charge < -0.3 is 4.90 Å². The number of nitrogens with zero attached hydrogens (tertiary/aromatic N) is 1. The molecular weight excluding hydrogens is 314 g/mol. The predicted octanol–water partition coefficient (Wildman–Crippen LogP) is 2.54. The number of ketones is 2. The van der Waals surface area contributed by atoms with Crippen molar-refractivity contribution in [3.8, 4) is 11.8 Å². The summed E-state index contributed by atoms with van der Waals surface area (Å²) < 4.78 is 0. The maximum Gasteiger partial charge on any atom is 0.229 e. The van der Waals surface area contributed by atoms with Crippen LogP contribution in [0.4, 0.5) is 0 Å². The highest BCUT2D eigenvalue weighted by molar-refractivity contribution is 6.13. The summed E-state index contributed by atoms with van der Waals surface area (Å²) in [6, 6.07) is 3.86. The van der Waals surface area contributed by atoms with E-state index in [9.17, 15) is 14.4 Å². The van der Waals surface area contributed by atoms with Gasteiger partial charge in [0.15, 0.2) is 0 Å². The Kier molecular flexibility index (Phi) is 4.28. The van der Waals surface area contributed by atoms with Crippen LogP contribution in [0.1, 0.15) is 54.4 Å². The first-order valence-electron chi connectivity index (χ1n) is 8.64. The van der Waals surface area contributed by atoms with Gasteiger partial charge in [0.2, 0.25) is 5.91 Å². The molecule has 1 aromatic rings. The fourth-order valence-electron chi connectivity index (χ4n) is 4.40. The van der Waals surface area contributed by atoms with E-state index >= 15 is 0 Å². The van der Waals surface area contributed by atoms with Crippen molar-refractivity contribution < 1.29 is 14.4 Å². The summed E-state index contributed by atoms with van der Waals surface area (Å²) in [6.07, 6.45) is 0.930. The lowest BCUT2D eigenvalue weighted by atomic mass is 9.65. The van der Waals surface area contributed by atoms with Crippen molar-refractivity contribution in [1.29, 1.82) is 0 Å². The molecule has 1 aliphatic heterocycles. The fraction of sp³-hybridized carbons (Fsp3) is 0.476. The molecular formula is C21H23NO3. The third-order valence-electron chi connectivity index (χ3n) is 5.55. The normalized spacial score (nSPS) is 26.2. The first-order chi connectivity index (χ1) is 11.8.